The van der Waals surface area contributed by atoms with Gasteiger partial charge >= 0.3 is 0 Å². The van der Waals surface area contributed by atoms with Crippen LogP contribution in [0.3, 0.4) is 0 Å². The molecular weight excluding hydrogens is 325 g/mol. The summed E-state index contributed by atoms with van der Waals surface area (Å²) in [5, 5.41) is 12.3. The fourth-order valence-electron chi connectivity index (χ4n) is 1.57. The number of aliphatic hydroxyl groups excluding tert-OH is 1. The zero-order chi connectivity index (χ0) is 15.5. The van der Waals surface area contributed by atoms with Crippen molar-refractivity contribution >= 4 is 21.6 Å². The fourth-order valence-corrected chi connectivity index (χ4v) is 2.83. The molecule has 0 amide bonds. The zero-order valence-corrected chi connectivity index (χ0v) is 12.2. The number of hydrogen-bond donors (Lipinski definition) is 2. The number of sulfonamides is 1. The summed E-state index contributed by atoms with van der Waals surface area (Å²) in [4.78, 5) is 3.42. The van der Waals surface area contributed by atoms with Crippen LogP contribution in [-0.4, -0.2) is 30.2 Å². The molecule has 2 N–H and O–H groups in total. The summed E-state index contributed by atoms with van der Waals surface area (Å²) in [5.41, 5.74) is -0.00444. The second kappa shape index (κ2) is 6.48. The van der Waals surface area contributed by atoms with Crippen LogP contribution >= 0.6 is 11.6 Å². The molecule has 1 aromatic carbocycles. The summed E-state index contributed by atoms with van der Waals surface area (Å²) in [7, 11) is -3.93. The number of aliphatic hydroxyl groups is 1. The van der Waals surface area contributed by atoms with E-state index >= 15 is 0 Å². The van der Waals surface area contributed by atoms with Crippen molar-refractivity contribution in [2.75, 3.05) is 6.54 Å². The maximum absolute atomic E-state index is 13.5. The van der Waals surface area contributed by atoms with E-state index in [1.807, 2.05) is 0 Å². The van der Waals surface area contributed by atoms with E-state index in [-0.39, 0.29) is 28.4 Å². The van der Waals surface area contributed by atoms with Crippen molar-refractivity contribution in [3.05, 3.63) is 40.8 Å². The minimum atomic E-state index is -3.93. The molecular formula is C11H11ClFN3O4S. The Hall–Kier alpha value is -1.55. The highest BCUT2D eigenvalue weighted by atomic mass is 35.5. The predicted octanol–water partition coefficient (Wildman–Crippen LogP) is 0.875. The molecule has 0 saturated carbocycles. The van der Waals surface area contributed by atoms with E-state index in [0.717, 1.165) is 18.5 Å². The molecule has 7 nitrogen and oxygen atoms in total. The van der Waals surface area contributed by atoms with Crippen molar-refractivity contribution < 1.29 is 22.4 Å². The molecule has 1 heterocycles. The number of hydrogen-bond acceptors (Lipinski definition) is 6. The lowest BCUT2D eigenvalue weighted by Gasteiger charge is -2.09. The number of nitrogens with one attached hydrogen (secondary N) is 1. The Bertz CT molecular complexity index is 721. The summed E-state index contributed by atoms with van der Waals surface area (Å²) in [6.07, 6.45) is 1.35. The van der Waals surface area contributed by atoms with E-state index in [0.29, 0.717) is 5.82 Å². The highest BCUT2D eigenvalue weighted by molar-refractivity contribution is 7.89. The first-order valence-corrected chi connectivity index (χ1v) is 7.64. The monoisotopic (exact) mass is 335 g/mol. The van der Waals surface area contributed by atoms with Gasteiger partial charge in [-0.2, -0.15) is 4.98 Å². The van der Waals surface area contributed by atoms with E-state index in [4.69, 9.17) is 16.7 Å². The third-order valence-electron chi connectivity index (χ3n) is 2.61. The van der Waals surface area contributed by atoms with Crippen LogP contribution in [0.25, 0.3) is 0 Å². The van der Waals surface area contributed by atoms with Gasteiger partial charge in [-0.25, -0.2) is 17.5 Å². The van der Waals surface area contributed by atoms with Gasteiger partial charge in [0.05, 0.1) is 16.5 Å². The Kier molecular flexibility index (Phi) is 4.88. The highest BCUT2D eigenvalue weighted by Gasteiger charge is 2.18. The molecule has 2 aromatic rings. The quantitative estimate of drug-likeness (QED) is 0.811. The molecule has 21 heavy (non-hydrogen) atoms. The third-order valence-corrected chi connectivity index (χ3v) is 4.47. The zero-order valence-electron chi connectivity index (χ0n) is 10.6. The number of halogens is 2. The molecule has 0 aliphatic rings. The summed E-state index contributed by atoms with van der Waals surface area (Å²) in [6, 6.07) is 1.90. The van der Waals surface area contributed by atoms with Crippen LogP contribution in [0.15, 0.2) is 27.9 Å². The first kappa shape index (κ1) is 15.8. The predicted molar refractivity (Wildman–Crippen MR) is 70.5 cm³/mol. The normalized spacial score (nSPS) is 11.8. The van der Waals surface area contributed by atoms with Crippen molar-refractivity contribution in [2.24, 2.45) is 0 Å². The molecule has 0 atom stereocenters. The lowest BCUT2D eigenvalue weighted by atomic mass is 10.2. The number of benzene rings is 1. The largest absolute Gasteiger partial charge is 0.392 e. The Morgan fingerprint density at radius 2 is 2.19 bits per heavy atom. The van der Waals surface area contributed by atoms with E-state index in [2.05, 4.69) is 19.4 Å². The fraction of sp³-hybridized carbons (Fsp3) is 0.273. The van der Waals surface area contributed by atoms with Gasteiger partial charge in [-0.15, -0.1) is 0 Å². The summed E-state index contributed by atoms with van der Waals surface area (Å²) in [6.45, 7) is -0.553. The molecule has 0 bridgehead atoms. The molecule has 1 aromatic heterocycles. The molecule has 0 aliphatic carbocycles. The molecule has 114 valence electrons. The molecule has 0 spiro atoms. The van der Waals surface area contributed by atoms with Gasteiger partial charge < -0.3 is 9.63 Å². The van der Waals surface area contributed by atoms with Crippen molar-refractivity contribution in [3.8, 4) is 0 Å². The third kappa shape index (κ3) is 3.76. The van der Waals surface area contributed by atoms with Crippen LogP contribution in [0.5, 0.6) is 0 Å². The molecule has 2 rings (SSSR count). The van der Waals surface area contributed by atoms with Crippen LogP contribution in [0.4, 0.5) is 4.39 Å². The molecule has 10 heteroatoms. The lowest BCUT2D eigenvalue weighted by Crippen LogP contribution is -2.26. The second-order valence-electron chi connectivity index (χ2n) is 4.03. The Labute approximate surface area is 124 Å². The van der Waals surface area contributed by atoms with Crippen LogP contribution in [-0.2, 0) is 23.1 Å². The Morgan fingerprint density at radius 1 is 1.43 bits per heavy atom. The Morgan fingerprint density at radius 3 is 2.81 bits per heavy atom. The number of rotatable bonds is 6. The standard InChI is InChI=1S/C11H11ClFN3O4S/c12-11-7(5-17)3-8(4-9(11)13)21(18,19)15-2-1-10-14-6-20-16-10/h3-4,6,15,17H,1-2,5H2. The van der Waals surface area contributed by atoms with Gasteiger partial charge in [-0.05, 0) is 12.1 Å². The minimum absolute atomic E-state index is 0.00444. The maximum atomic E-state index is 13.5. The van der Waals surface area contributed by atoms with Crippen molar-refractivity contribution in [1.29, 1.82) is 0 Å². The van der Waals surface area contributed by atoms with Crippen LogP contribution in [0.2, 0.25) is 5.02 Å². The van der Waals surface area contributed by atoms with Crippen LogP contribution in [0.1, 0.15) is 11.4 Å². The van der Waals surface area contributed by atoms with Gasteiger partial charge in [-0.1, -0.05) is 16.8 Å². The van der Waals surface area contributed by atoms with Gasteiger partial charge in [0, 0.05) is 18.5 Å². The Balaban J connectivity index is 2.13. The second-order valence-corrected chi connectivity index (χ2v) is 6.18. The molecule has 0 fully saturated rings. The number of aromatic nitrogens is 2. The molecule has 0 radical (unpaired) electrons. The first-order chi connectivity index (χ1) is 9.94. The maximum Gasteiger partial charge on any atom is 0.240 e. The van der Waals surface area contributed by atoms with Crippen molar-refractivity contribution in [3.63, 3.8) is 0 Å². The van der Waals surface area contributed by atoms with Gasteiger partial charge in [0.1, 0.15) is 5.82 Å². The van der Waals surface area contributed by atoms with Crippen LogP contribution in [0, 0.1) is 5.82 Å². The average molecular weight is 336 g/mol. The van der Waals surface area contributed by atoms with Gasteiger partial charge in [0.25, 0.3) is 0 Å². The summed E-state index contributed by atoms with van der Waals surface area (Å²) in [5.74, 6) is -0.571. The van der Waals surface area contributed by atoms with E-state index in [1.54, 1.807) is 0 Å². The lowest BCUT2D eigenvalue weighted by molar-refractivity contribution is 0.281. The summed E-state index contributed by atoms with van der Waals surface area (Å²) < 4.78 is 44.4. The minimum Gasteiger partial charge on any atom is -0.392 e. The summed E-state index contributed by atoms with van der Waals surface area (Å²) >= 11 is 5.61. The van der Waals surface area contributed by atoms with Gasteiger partial charge in [0.15, 0.2) is 5.82 Å². The van der Waals surface area contributed by atoms with Crippen molar-refractivity contribution in [1.82, 2.24) is 14.9 Å². The van der Waals surface area contributed by atoms with Gasteiger partial charge in [-0.3, -0.25) is 0 Å². The molecule has 0 unspecified atom stereocenters. The van der Waals surface area contributed by atoms with E-state index < -0.39 is 22.4 Å². The molecule has 0 saturated heterocycles. The SMILES string of the molecule is O=S(=O)(NCCc1ncon1)c1cc(F)c(Cl)c(CO)c1. The van der Waals surface area contributed by atoms with E-state index in [9.17, 15) is 12.8 Å². The topological polar surface area (TPSA) is 105 Å². The number of nitrogens with zero attached hydrogens (tertiary/aromatic N) is 2. The van der Waals surface area contributed by atoms with Crippen molar-refractivity contribution in [2.45, 2.75) is 17.9 Å². The molecule has 0 aliphatic heterocycles. The van der Waals surface area contributed by atoms with Gasteiger partial charge in [0.2, 0.25) is 16.4 Å². The average Bonchev–Trinajstić information content (AvgIpc) is 2.94. The highest BCUT2D eigenvalue weighted by Crippen LogP contribution is 2.24. The first-order valence-electron chi connectivity index (χ1n) is 5.77. The smallest absolute Gasteiger partial charge is 0.240 e. The van der Waals surface area contributed by atoms with Crippen LogP contribution < -0.4 is 4.72 Å². The van der Waals surface area contributed by atoms with E-state index in [1.165, 1.54) is 0 Å².